The SMILES string of the molecule is COCC(=O)N1CCC2(C1)CN(c1ccsc1)C(=O)CN2C. The third-order valence-corrected chi connectivity index (χ3v) is 5.38. The Labute approximate surface area is 134 Å². The minimum atomic E-state index is -0.154. The van der Waals surface area contributed by atoms with Gasteiger partial charge in [0.15, 0.2) is 0 Å². The van der Waals surface area contributed by atoms with Gasteiger partial charge in [-0.3, -0.25) is 14.5 Å². The summed E-state index contributed by atoms with van der Waals surface area (Å²) in [6.07, 6.45) is 0.882. The second-order valence-electron chi connectivity index (χ2n) is 6.04. The molecule has 3 heterocycles. The lowest BCUT2D eigenvalue weighted by molar-refractivity contribution is -0.134. The summed E-state index contributed by atoms with van der Waals surface area (Å²) in [5.74, 6) is 0.139. The highest BCUT2D eigenvalue weighted by atomic mass is 32.1. The van der Waals surface area contributed by atoms with Crippen molar-refractivity contribution < 1.29 is 14.3 Å². The van der Waals surface area contributed by atoms with E-state index in [9.17, 15) is 9.59 Å². The Morgan fingerprint density at radius 2 is 2.27 bits per heavy atom. The van der Waals surface area contributed by atoms with Crippen LogP contribution in [0.15, 0.2) is 16.8 Å². The predicted octanol–water partition coefficient (Wildman–Crippen LogP) is 0.644. The molecule has 0 N–H and O–H groups in total. The fourth-order valence-corrected chi connectivity index (χ4v) is 3.97. The molecular weight excluding hydrogens is 302 g/mol. The van der Waals surface area contributed by atoms with E-state index in [1.165, 1.54) is 7.11 Å². The molecule has 2 aliphatic rings. The van der Waals surface area contributed by atoms with E-state index < -0.39 is 0 Å². The lowest BCUT2D eigenvalue weighted by Gasteiger charge is -2.46. The average Bonchev–Trinajstić information content (AvgIpc) is 3.14. The number of methoxy groups -OCH3 is 1. The van der Waals surface area contributed by atoms with Crippen LogP contribution in [0.5, 0.6) is 0 Å². The van der Waals surface area contributed by atoms with Crippen LogP contribution in [0.25, 0.3) is 0 Å². The lowest BCUT2D eigenvalue weighted by atomic mass is 9.93. The molecular formula is C15H21N3O3S. The van der Waals surface area contributed by atoms with Gasteiger partial charge in [0.1, 0.15) is 6.61 Å². The van der Waals surface area contributed by atoms with E-state index in [1.807, 2.05) is 33.7 Å². The van der Waals surface area contributed by atoms with E-state index in [4.69, 9.17) is 4.74 Å². The molecule has 0 aromatic carbocycles. The summed E-state index contributed by atoms with van der Waals surface area (Å²) in [5.41, 5.74) is 0.809. The number of likely N-dealkylation sites (tertiary alicyclic amines) is 1. The number of amides is 2. The number of anilines is 1. The lowest BCUT2D eigenvalue weighted by Crippen LogP contribution is -2.64. The summed E-state index contributed by atoms with van der Waals surface area (Å²) in [4.78, 5) is 30.2. The van der Waals surface area contributed by atoms with Gasteiger partial charge in [-0.15, -0.1) is 0 Å². The first-order valence-corrected chi connectivity index (χ1v) is 8.30. The summed E-state index contributed by atoms with van der Waals surface area (Å²) in [7, 11) is 3.51. The minimum Gasteiger partial charge on any atom is -0.375 e. The quantitative estimate of drug-likeness (QED) is 0.819. The standard InChI is InChI=1S/C15H21N3O3S/c1-16-7-13(19)18(12-3-6-22-9-12)11-15(16)4-5-17(10-15)14(20)8-21-2/h3,6,9H,4-5,7-8,10-11H2,1-2H3. The molecule has 2 saturated heterocycles. The second-order valence-corrected chi connectivity index (χ2v) is 6.82. The van der Waals surface area contributed by atoms with Gasteiger partial charge in [0.05, 0.1) is 17.8 Å². The summed E-state index contributed by atoms with van der Waals surface area (Å²) in [6.45, 7) is 2.52. The zero-order valence-corrected chi connectivity index (χ0v) is 13.8. The molecule has 0 radical (unpaired) electrons. The Bertz CT molecular complexity index is 562. The molecule has 1 spiro atoms. The van der Waals surface area contributed by atoms with Crippen LogP contribution < -0.4 is 4.90 Å². The van der Waals surface area contributed by atoms with E-state index in [1.54, 1.807) is 11.3 Å². The Balaban J connectivity index is 1.78. The average molecular weight is 323 g/mol. The number of nitrogens with zero attached hydrogens (tertiary/aromatic N) is 3. The molecule has 2 amide bonds. The van der Waals surface area contributed by atoms with Crippen molar-refractivity contribution in [2.45, 2.75) is 12.0 Å². The van der Waals surface area contributed by atoms with Gasteiger partial charge in [0.2, 0.25) is 11.8 Å². The zero-order chi connectivity index (χ0) is 15.7. The highest BCUT2D eigenvalue weighted by molar-refractivity contribution is 7.08. The van der Waals surface area contributed by atoms with E-state index in [-0.39, 0.29) is 24.0 Å². The van der Waals surface area contributed by atoms with E-state index >= 15 is 0 Å². The highest BCUT2D eigenvalue weighted by Crippen LogP contribution is 2.33. The number of carbonyl (C=O) groups excluding carboxylic acids is 2. The van der Waals surface area contributed by atoms with Crippen molar-refractivity contribution in [3.8, 4) is 0 Å². The molecule has 7 heteroatoms. The van der Waals surface area contributed by atoms with Crippen LogP contribution >= 0.6 is 11.3 Å². The van der Waals surface area contributed by atoms with Crippen molar-refractivity contribution in [2.24, 2.45) is 0 Å². The van der Waals surface area contributed by atoms with Crippen LogP contribution in [-0.4, -0.2) is 74.1 Å². The van der Waals surface area contributed by atoms with Crippen LogP contribution in [0, 0.1) is 0 Å². The Morgan fingerprint density at radius 3 is 2.95 bits per heavy atom. The molecule has 0 saturated carbocycles. The summed E-state index contributed by atoms with van der Waals surface area (Å²) < 4.78 is 4.95. The third-order valence-electron chi connectivity index (χ3n) is 4.71. The van der Waals surface area contributed by atoms with Crippen molar-refractivity contribution in [1.29, 1.82) is 0 Å². The minimum absolute atomic E-state index is 0.0201. The molecule has 3 rings (SSSR count). The van der Waals surface area contributed by atoms with E-state index in [0.717, 1.165) is 18.7 Å². The fraction of sp³-hybridized carbons (Fsp3) is 0.600. The van der Waals surface area contributed by atoms with Gasteiger partial charge in [-0.1, -0.05) is 0 Å². The molecule has 2 fully saturated rings. The van der Waals surface area contributed by atoms with Crippen molar-refractivity contribution in [1.82, 2.24) is 9.80 Å². The van der Waals surface area contributed by atoms with Gasteiger partial charge in [-0.2, -0.15) is 11.3 Å². The largest absolute Gasteiger partial charge is 0.375 e. The molecule has 2 aliphatic heterocycles. The van der Waals surface area contributed by atoms with Gasteiger partial charge in [0.25, 0.3) is 0 Å². The zero-order valence-electron chi connectivity index (χ0n) is 12.9. The Morgan fingerprint density at radius 1 is 1.45 bits per heavy atom. The molecule has 120 valence electrons. The smallest absolute Gasteiger partial charge is 0.248 e. The molecule has 1 aromatic rings. The van der Waals surface area contributed by atoms with Gasteiger partial charge in [-0.25, -0.2) is 0 Å². The van der Waals surface area contributed by atoms with Crippen LogP contribution in [0.3, 0.4) is 0 Å². The van der Waals surface area contributed by atoms with E-state index in [2.05, 4.69) is 4.90 Å². The highest BCUT2D eigenvalue weighted by Gasteiger charge is 2.48. The molecule has 1 unspecified atom stereocenters. The number of carbonyl (C=O) groups is 2. The molecule has 6 nitrogen and oxygen atoms in total. The van der Waals surface area contributed by atoms with Gasteiger partial charge >= 0.3 is 0 Å². The maximum absolute atomic E-state index is 12.3. The number of hydrogen-bond acceptors (Lipinski definition) is 5. The molecule has 22 heavy (non-hydrogen) atoms. The van der Waals surface area contributed by atoms with Crippen molar-refractivity contribution >= 4 is 28.8 Å². The Kier molecular flexibility index (Phi) is 4.20. The van der Waals surface area contributed by atoms with Crippen molar-refractivity contribution in [3.05, 3.63) is 16.8 Å². The maximum atomic E-state index is 12.3. The Hall–Kier alpha value is -1.44. The normalized spacial score (nSPS) is 26.2. The van der Waals surface area contributed by atoms with E-state index in [0.29, 0.717) is 19.6 Å². The topological polar surface area (TPSA) is 53.1 Å². The molecule has 0 bridgehead atoms. The number of likely N-dealkylation sites (N-methyl/N-ethyl adjacent to an activating group) is 1. The van der Waals surface area contributed by atoms with Gasteiger partial charge < -0.3 is 14.5 Å². The number of thiophene rings is 1. The first-order valence-electron chi connectivity index (χ1n) is 7.36. The number of ether oxygens (including phenoxy) is 1. The predicted molar refractivity (Wildman–Crippen MR) is 85.1 cm³/mol. The molecule has 0 aliphatic carbocycles. The second kappa shape index (κ2) is 5.98. The third kappa shape index (κ3) is 2.64. The van der Waals surface area contributed by atoms with Gasteiger partial charge in [0, 0.05) is 32.1 Å². The monoisotopic (exact) mass is 323 g/mol. The van der Waals surface area contributed by atoms with Crippen LogP contribution in [-0.2, 0) is 14.3 Å². The van der Waals surface area contributed by atoms with Crippen molar-refractivity contribution in [3.63, 3.8) is 0 Å². The number of hydrogen-bond donors (Lipinski definition) is 0. The first-order chi connectivity index (χ1) is 10.6. The van der Waals surface area contributed by atoms with Crippen LogP contribution in [0.1, 0.15) is 6.42 Å². The van der Waals surface area contributed by atoms with Crippen LogP contribution in [0.4, 0.5) is 5.69 Å². The molecule has 1 aromatic heterocycles. The fourth-order valence-electron chi connectivity index (χ4n) is 3.33. The van der Waals surface area contributed by atoms with Crippen molar-refractivity contribution in [2.75, 3.05) is 51.8 Å². The van der Waals surface area contributed by atoms with Gasteiger partial charge in [-0.05, 0) is 24.9 Å². The summed E-state index contributed by atoms with van der Waals surface area (Å²) >= 11 is 1.59. The number of piperazine rings is 1. The molecule has 1 atom stereocenters. The number of rotatable bonds is 3. The van der Waals surface area contributed by atoms with Crippen LogP contribution in [0.2, 0.25) is 0 Å². The summed E-state index contributed by atoms with van der Waals surface area (Å²) in [6, 6.07) is 1.98. The summed E-state index contributed by atoms with van der Waals surface area (Å²) in [5, 5.41) is 3.98. The maximum Gasteiger partial charge on any atom is 0.248 e. The first kappa shape index (κ1) is 15.5.